The molecule has 1 aliphatic rings. The minimum Gasteiger partial charge on any atom is -0.367 e. The van der Waals surface area contributed by atoms with E-state index in [1.54, 1.807) is 6.20 Å². The van der Waals surface area contributed by atoms with Crippen LogP contribution in [0.3, 0.4) is 0 Å². The third-order valence-corrected chi connectivity index (χ3v) is 6.62. The molecule has 0 fully saturated rings. The minimum absolute atomic E-state index is 0.119. The Bertz CT molecular complexity index is 1150. The van der Waals surface area contributed by atoms with Crippen molar-refractivity contribution in [3.8, 4) is 6.07 Å². The number of nitriles is 1. The molecule has 0 bridgehead atoms. The molecule has 1 amide bonds. The van der Waals surface area contributed by atoms with Crippen molar-refractivity contribution in [2.75, 3.05) is 0 Å². The van der Waals surface area contributed by atoms with Crippen LogP contribution in [0.1, 0.15) is 60.0 Å². The van der Waals surface area contributed by atoms with Crippen LogP contribution in [0.2, 0.25) is 0 Å². The van der Waals surface area contributed by atoms with Gasteiger partial charge in [0.05, 0.1) is 6.04 Å². The average molecular weight is 464 g/mol. The first-order chi connectivity index (χ1) is 17.2. The molecule has 4 rings (SSSR count). The second-order valence-electron chi connectivity index (χ2n) is 9.20. The monoisotopic (exact) mass is 463 g/mol. The molecule has 0 heterocycles. The van der Waals surface area contributed by atoms with Crippen LogP contribution in [-0.4, -0.2) is 10.8 Å². The van der Waals surface area contributed by atoms with Gasteiger partial charge >= 0.3 is 0 Å². The summed E-state index contributed by atoms with van der Waals surface area (Å²) in [5, 5.41) is 13.0. The second-order valence-corrected chi connectivity index (χ2v) is 9.20. The molecule has 1 unspecified atom stereocenters. The van der Waals surface area contributed by atoms with Crippen LogP contribution in [0.4, 0.5) is 0 Å². The lowest BCUT2D eigenvalue weighted by molar-refractivity contribution is -0.118. The fraction of sp³-hybridized carbons (Fsp3) is 0.290. The summed E-state index contributed by atoms with van der Waals surface area (Å²) in [6.45, 7) is 3.28. The number of carbonyl (C=O) groups is 1. The summed E-state index contributed by atoms with van der Waals surface area (Å²) in [7, 11) is 0. The van der Waals surface area contributed by atoms with Gasteiger partial charge in [-0.2, -0.15) is 5.26 Å². The van der Waals surface area contributed by atoms with Crippen molar-refractivity contribution in [1.29, 1.82) is 5.26 Å². The molecule has 0 spiro atoms. The van der Waals surface area contributed by atoms with E-state index < -0.39 is 0 Å². The van der Waals surface area contributed by atoms with E-state index in [4.69, 9.17) is 0 Å². The van der Waals surface area contributed by atoms with Gasteiger partial charge in [0.1, 0.15) is 11.6 Å². The van der Waals surface area contributed by atoms with E-state index in [9.17, 15) is 10.1 Å². The van der Waals surface area contributed by atoms with Gasteiger partial charge in [-0.25, -0.2) is 0 Å². The Morgan fingerprint density at radius 3 is 2.11 bits per heavy atom. The number of hydrogen-bond acceptors (Lipinski definition) is 3. The molecular weight excluding hydrogens is 430 g/mol. The van der Waals surface area contributed by atoms with Crippen molar-refractivity contribution >= 4 is 5.91 Å². The summed E-state index contributed by atoms with van der Waals surface area (Å²) >= 11 is 0. The van der Waals surface area contributed by atoms with Crippen molar-refractivity contribution in [1.82, 2.24) is 10.2 Å². The van der Waals surface area contributed by atoms with Gasteiger partial charge in [0.25, 0.3) is 5.91 Å². The van der Waals surface area contributed by atoms with Gasteiger partial charge in [-0.3, -0.25) is 4.79 Å². The van der Waals surface area contributed by atoms with E-state index in [2.05, 4.69) is 60.8 Å². The van der Waals surface area contributed by atoms with Crippen molar-refractivity contribution in [3.05, 3.63) is 118 Å². The SMILES string of the molecule is CCC(NC(=O)/C(C#N)=C\N(Cc1ccccc1)Cc1ccccc1)c1ccc2c(c1)CCCC2. The van der Waals surface area contributed by atoms with Gasteiger partial charge in [0, 0.05) is 19.3 Å². The molecule has 178 valence electrons. The van der Waals surface area contributed by atoms with Crippen molar-refractivity contribution in [2.24, 2.45) is 0 Å². The van der Waals surface area contributed by atoms with Gasteiger partial charge < -0.3 is 10.2 Å². The maximum absolute atomic E-state index is 13.2. The first-order valence-electron chi connectivity index (χ1n) is 12.5. The number of benzene rings is 3. The number of nitrogens with one attached hydrogen (secondary N) is 1. The highest BCUT2D eigenvalue weighted by Crippen LogP contribution is 2.26. The summed E-state index contributed by atoms with van der Waals surface area (Å²) in [6.07, 6.45) is 7.18. The van der Waals surface area contributed by atoms with Crippen LogP contribution in [0.15, 0.2) is 90.6 Å². The molecule has 1 aliphatic carbocycles. The zero-order valence-corrected chi connectivity index (χ0v) is 20.4. The van der Waals surface area contributed by atoms with E-state index >= 15 is 0 Å². The van der Waals surface area contributed by atoms with E-state index in [1.807, 2.05) is 41.3 Å². The Morgan fingerprint density at radius 1 is 0.943 bits per heavy atom. The number of aryl methyl sites for hydroxylation is 2. The molecule has 35 heavy (non-hydrogen) atoms. The number of amides is 1. The number of rotatable bonds is 9. The lowest BCUT2D eigenvalue weighted by Crippen LogP contribution is -2.30. The van der Waals surface area contributed by atoms with Crippen LogP contribution in [0, 0.1) is 11.3 Å². The second kappa shape index (κ2) is 12.0. The van der Waals surface area contributed by atoms with Crippen LogP contribution in [0.25, 0.3) is 0 Å². The maximum atomic E-state index is 13.2. The summed E-state index contributed by atoms with van der Waals surface area (Å²) in [4.78, 5) is 15.2. The van der Waals surface area contributed by atoms with E-state index in [1.165, 1.54) is 24.0 Å². The zero-order valence-electron chi connectivity index (χ0n) is 20.4. The Hall–Kier alpha value is -3.84. The van der Waals surface area contributed by atoms with Crippen LogP contribution < -0.4 is 5.32 Å². The predicted octanol–water partition coefficient (Wildman–Crippen LogP) is 6.24. The lowest BCUT2D eigenvalue weighted by atomic mass is 9.88. The normalized spacial score (nSPS) is 13.9. The summed E-state index contributed by atoms with van der Waals surface area (Å²) in [5.41, 5.74) is 6.30. The quantitative estimate of drug-likeness (QED) is 0.302. The average Bonchev–Trinajstić information content (AvgIpc) is 2.91. The molecule has 3 aromatic rings. The van der Waals surface area contributed by atoms with E-state index in [-0.39, 0.29) is 17.5 Å². The smallest absolute Gasteiger partial charge is 0.263 e. The topological polar surface area (TPSA) is 56.1 Å². The molecule has 4 heteroatoms. The van der Waals surface area contributed by atoms with Crippen molar-refractivity contribution < 1.29 is 4.79 Å². The number of fused-ring (bicyclic) bond motifs is 1. The van der Waals surface area contributed by atoms with E-state index in [0.29, 0.717) is 13.1 Å². The third kappa shape index (κ3) is 6.61. The maximum Gasteiger partial charge on any atom is 0.263 e. The predicted molar refractivity (Wildman–Crippen MR) is 140 cm³/mol. The Kier molecular flexibility index (Phi) is 8.35. The Balaban J connectivity index is 1.53. The molecule has 1 atom stereocenters. The first kappa shape index (κ1) is 24.3. The van der Waals surface area contributed by atoms with Gasteiger partial charge in [-0.1, -0.05) is 85.8 Å². The molecule has 3 aromatic carbocycles. The van der Waals surface area contributed by atoms with E-state index in [0.717, 1.165) is 36.0 Å². The Morgan fingerprint density at radius 2 is 1.54 bits per heavy atom. The summed E-state index contributed by atoms with van der Waals surface area (Å²) in [6, 6.07) is 28.8. The fourth-order valence-corrected chi connectivity index (χ4v) is 4.73. The molecule has 0 saturated heterocycles. The van der Waals surface area contributed by atoms with Gasteiger partial charge in [0.15, 0.2) is 0 Å². The third-order valence-electron chi connectivity index (χ3n) is 6.62. The standard InChI is InChI=1S/C31H33N3O/c1-2-30(28-18-17-26-15-9-10-16-27(26)19-28)33-31(35)29(20-32)23-34(21-24-11-5-3-6-12-24)22-25-13-7-4-8-14-25/h3-8,11-14,17-19,23,30H,2,9-10,15-16,21-22H2,1H3,(H,33,35)/b29-23-. The largest absolute Gasteiger partial charge is 0.367 e. The highest BCUT2D eigenvalue weighted by atomic mass is 16.1. The first-order valence-corrected chi connectivity index (χ1v) is 12.5. The van der Waals surface area contributed by atoms with Gasteiger partial charge in [-0.15, -0.1) is 0 Å². The van der Waals surface area contributed by atoms with Crippen LogP contribution >= 0.6 is 0 Å². The highest BCUT2D eigenvalue weighted by Gasteiger charge is 2.19. The molecular formula is C31H33N3O. The molecule has 4 nitrogen and oxygen atoms in total. The fourth-order valence-electron chi connectivity index (χ4n) is 4.73. The number of hydrogen-bond donors (Lipinski definition) is 1. The molecule has 0 aromatic heterocycles. The van der Waals surface area contributed by atoms with Crippen LogP contribution in [-0.2, 0) is 30.7 Å². The Labute approximate surface area is 208 Å². The minimum atomic E-state index is -0.330. The van der Waals surface area contributed by atoms with Crippen molar-refractivity contribution in [3.63, 3.8) is 0 Å². The number of carbonyl (C=O) groups excluding carboxylic acids is 1. The lowest BCUT2D eigenvalue weighted by Gasteiger charge is -2.23. The molecule has 0 radical (unpaired) electrons. The summed E-state index contributed by atoms with van der Waals surface area (Å²) in [5.74, 6) is -0.330. The van der Waals surface area contributed by atoms with Crippen LogP contribution in [0.5, 0.6) is 0 Å². The molecule has 0 saturated carbocycles. The van der Waals surface area contributed by atoms with Gasteiger partial charge in [0.2, 0.25) is 0 Å². The zero-order chi connectivity index (χ0) is 24.5. The highest BCUT2D eigenvalue weighted by molar-refractivity contribution is 5.97. The number of nitrogens with zero attached hydrogens (tertiary/aromatic N) is 2. The van der Waals surface area contributed by atoms with Gasteiger partial charge in [-0.05, 0) is 59.9 Å². The summed E-state index contributed by atoms with van der Waals surface area (Å²) < 4.78 is 0. The van der Waals surface area contributed by atoms with Crippen molar-refractivity contribution in [2.45, 2.75) is 58.2 Å². The molecule has 1 N–H and O–H groups in total. The molecule has 0 aliphatic heterocycles.